The Morgan fingerprint density at radius 2 is 0.782 bits per heavy atom. The number of rotatable bonds is 39. The third kappa shape index (κ3) is 34.9. The first-order valence-electron chi connectivity index (χ1n) is 31.0. The molecule has 472 valence electrons. The van der Waals surface area contributed by atoms with E-state index in [0.29, 0.717) is 57.3 Å². The van der Waals surface area contributed by atoms with E-state index in [2.05, 4.69) is 12.2 Å². The summed E-state index contributed by atoms with van der Waals surface area (Å²) in [7, 11) is 0. The molecule has 0 heterocycles. The van der Waals surface area contributed by atoms with Gasteiger partial charge in [-0.25, -0.2) is 0 Å². The van der Waals surface area contributed by atoms with Crippen molar-refractivity contribution in [1.29, 1.82) is 0 Å². The molecule has 5 rings (SSSR count). The highest BCUT2D eigenvalue weighted by Gasteiger charge is 2.25. The van der Waals surface area contributed by atoms with E-state index in [9.17, 15) is 43.2 Å². The zero-order valence-corrected chi connectivity index (χ0v) is 53.4. The standard InChI is InChI=1S/C23H35NO3S.C19H21NO2.C16H23NO2.C15H21NO2/c1-3-4-5-6-10-13-23(27)24-21(14-15-28-2)22(26)17-20(18-25)16-19-11-8-7-9-12-19;20-18(12-16-9-5-2-6-10-16)19(22)13-17(14-21)11-15-7-3-1-4-8-15;1-12(2)8-15(17)16(19)10-14(11-18)9-13-6-4-3-5-7-13;1-11(2)15(16)14(18)9-13(10-17)8-12-6-4-3-5-7-12/h7-9,11-12,18,20-21H,3-6,10,13-17H2,1-2H3,(H,24,27);1-10,14,17-18H,11-13,20H2;3-7,11-12,14-15H,8-10,17H2,1-2H3;3-7,10-11,13,15H,8-9,16H2,1-2H3/t;17-,18+;14-,15+;13-,15+/m.111/s1. The average molecular weight is 1210 g/mol. The quantitative estimate of drug-likeness (QED) is 0.0212. The predicted octanol–water partition coefficient (Wildman–Crippen LogP) is 11.5. The number of aldehydes is 4. The molecule has 7 N–H and O–H groups in total. The van der Waals surface area contributed by atoms with Crippen molar-refractivity contribution in [1.82, 2.24) is 5.32 Å². The molecule has 5 aromatic rings. The smallest absolute Gasteiger partial charge is 0.220 e. The summed E-state index contributed by atoms with van der Waals surface area (Å²) in [6.07, 6.45) is 16.3. The first-order valence-corrected chi connectivity index (χ1v) is 32.4. The van der Waals surface area contributed by atoms with E-state index in [0.717, 1.165) is 78.0 Å². The number of carbonyl (C=O) groups excluding carboxylic acids is 9. The summed E-state index contributed by atoms with van der Waals surface area (Å²) in [6, 6.07) is 46.6. The number of nitrogens with two attached hydrogens (primary N) is 3. The van der Waals surface area contributed by atoms with Crippen LogP contribution in [0.5, 0.6) is 0 Å². The Morgan fingerprint density at radius 3 is 1.11 bits per heavy atom. The topological polar surface area (TPSA) is 244 Å². The van der Waals surface area contributed by atoms with Crippen molar-refractivity contribution in [3.63, 3.8) is 0 Å². The molecule has 8 atom stereocenters. The summed E-state index contributed by atoms with van der Waals surface area (Å²) in [5.41, 5.74) is 22.9. The molecular weight excluding hydrogens is 1110 g/mol. The number of hydrogen-bond acceptors (Lipinski definition) is 13. The van der Waals surface area contributed by atoms with Crippen LogP contribution in [0.4, 0.5) is 0 Å². The molecule has 0 radical (unpaired) electrons. The molecule has 87 heavy (non-hydrogen) atoms. The molecular formula is C73H100N4O9S. The fourth-order valence-electron chi connectivity index (χ4n) is 9.65. The summed E-state index contributed by atoms with van der Waals surface area (Å²) in [5, 5.41) is 2.92. The van der Waals surface area contributed by atoms with E-state index < -0.39 is 24.2 Å². The minimum atomic E-state index is -0.555. The Kier molecular flexibility index (Phi) is 40.6. The molecule has 14 heteroatoms. The first-order chi connectivity index (χ1) is 41.9. The van der Waals surface area contributed by atoms with Gasteiger partial charge in [-0.3, -0.25) is 24.0 Å². The fourth-order valence-corrected chi connectivity index (χ4v) is 10.1. The van der Waals surface area contributed by atoms with Gasteiger partial charge < -0.3 is 41.7 Å². The molecule has 0 spiro atoms. The Bertz CT molecular complexity index is 2700. The van der Waals surface area contributed by atoms with Gasteiger partial charge in [0.15, 0.2) is 17.3 Å². The molecule has 0 aliphatic heterocycles. The lowest BCUT2D eigenvalue weighted by atomic mass is 9.90. The summed E-state index contributed by atoms with van der Waals surface area (Å²) >= 11 is 1.66. The van der Waals surface area contributed by atoms with E-state index in [4.69, 9.17) is 17.2 Å². The Labute approximate surface area is 524 Å². The number of carbonyl (C=O) groups is 9. The molecule has 0 bridgehead atoms. The summed E-state index contributed by atoms with van der Waals surface area (Å²) < 4.78 is 0. The lowest BCUT2D eigenvalue weighted by Gasteiger charge is -2.19. The van der Waals surface area contributed by atoms with Gasteiger partial charge in [0, 0.05) is 55.8 Å². The minimum Gasteiger partial charge on any atom is -0.346 e. The number of unbranched alkanes of at least 4 members (excludes halogenated alkanes) is 4. The van der Waals surface area contributed by atoms with Crippen LogP contribution in [0.1, 0.15) is 139 Å². The van der Waals surface area contributed by atoms with Crippen molar-refractivity contribution in [2.24, 2.45) is 52.7 Å². The van der Waals surface area contributed by atoms with Crippen molar-refractivity contribution in [2.75, 3.05) is 12.0 Å². The largest absolute Gasteiger partial charge is 0.346 e. The van der Waals surface area contributed by atoms with Crippen LogP contribution >= 0.6 is 11.8 Å². The highest BCUT2D eigenvalue weighted by atomic mass is 32.2. The number of nitrogens with one attached hydrogen (secondary N) is 1. The van der Waals surface area contributed by atoms with E-state index >= 15 is 0 Å². The molecule has 0 aliphatic rings. The Morgan fingerprint density at radius 1 is 0.448 bits per heavy atom. The van der Waals surface area contributed by atoms with E-state index in [-0.39, 0.29) is 84.3 Å². The zero-order valence-electron chi connectivity index (χ0n) is 52.6. The average Bonchev–Trinajstić information content (AvgIpc) is 3.65. The maximum atomic E-state index is 12.8. The van der Waals surface area contributed by atoms with Crippen molar-refractivity contribution >= 4 is 65.9 Å². The van der Waals surface area contributed by atoms with Crippen LogP contribution < -0.4 is 22.5 Å². The SMILES string of the molecule is CC(C)C[C@H](N)C(=O)C[C@H](C=O)Cc1ccccc1.CC(C)[C@H](N)C(=O)C[C@H](C=O)Cc1ccccc1.CCCCCCCC(=O)NC(CCSC)C(=O)CC(C=O)Cc1ccccc1.N[C@@H](Cc1ccccc1)C(=O)C[C@H](C=O)Cc1ccccc1. The van der Waals surface area contributed by atoms with Crippen molar-refractivity contribution in [3.8, 4) is 0 Å². The van der Waals surface area contributed by atoms with Crippen LogP contribution in [-0.2, 0) is 75.3 Å². The lowest BCUT2D eigenvalue weighted by Crippen LogP contribution is -2.42. The number of hydrogen-bond donors (Lipinski definition) is 4. The number of Topliss-reactive ketones (excluding diaryl/α,β-unsaturated/α-hetero) is 4. The Balaban J connectivity index is 0.000000401. The van der Waals surface area contributed by atoms with Gasteiger partial charge in [0.1, 0.15) is 30.9 Å². The van der Waals surface area contributed by atoms with Gasteiger partial charge in [-0.2, -0.15) is 11.8 Å². The lowest BCUT2D eigenvalue weighted by molar-refractivity contribution is -0.129. The van der Waals surface area contributed by atoms with E-state index in [1.54, 1.807) is 11.8 Å². The summed E-state index contributed by atoms with van der Waals surface area (Å²) in [5.74, 6) is -0.0892. The maximum absolute atomic E-state index is 12.8. The molecule has 5 aromatic carbocycles. The van der Waals surface area contributed by atoms with Crippen LogP contribution in [0.25, 0.3) is 0 Å². The molecule has 13 nitrogen and oxygen atoms in total. The molecule has 0 aliphatic carbocycles. The Hall–Kier alpha value is -6.84. The molecule has 0 aromatic heterocycles. The molecule has 1 amide bonds. The maximum Gasteiger partial charge on any atom is 0.220 e. The number of amides is 1. The normalized spacial score (nSPS) is 13.6. The molecule has 0 saturated carbocycles. The van der Waals surface area contributed by atoms with Gasteiger partial charge in [0.2, 0.25) is 5.91 Å². The summed E-state index contributed by atoms with van der Waals surface area (Å²) in [4.78, 5) is 106. The number of ketones is 4. The van der Waals surface area contributed by atoms with Crippen molar-refractivity contribution in [2.45, 2.75) is 168 Å². The second-order valence-corrected chi connectivity index (χ2v) is 24.4. The minimum absolute atomic E-state index is 0.0123. The van der Waals surface area contributed by atoms with E-state index in [1.807, 2.05) is 186 Å². The van der Waals surface area contributed by atoms with Crippen LogP contribution in [0, 0.1) is 35.5 Å². The van der Waals surface area contributed by atoms with Gasteiger partial charge in [-0.15, -0.1) is 0 Å². The second kappa shape index (κ2) is 46.3. The van der Waals surface area contributed by atoms with Gasteiger partial charge >= 0.3 is 0 Å². The zero-order chi connectivity index (χ0) is 64.2. The van der Waals surface area contributed by atoms with E-state index in [1.165, 1.54) is 12.8 Å². The van der Waals surface area contributed by atoms with Gasteiger partial charge in [0.25, 0.3) is 0 Å². The van der Waals surface area contributed by atoms with Gasteiger partial charge in [-0.1, -0.05) is 212 Å². The molecule has 0 saturated heterocycles. The van der Waals surface area contributed by atoms with Gasteiger partial charge in [0.05, 0.1) is 24.2 Å². The summed E-state index contributed by atoms with van der Waals surface area (Å²) in [6.45, 7) is 10.1. The highest BCUT2D eigenvalue weighted by molar-refractivity contribution is 7.98. The van der Waals surface area contributed by atoms with Crippen LogP contribution in [-0.4, -0.2) is 90.4 Å². The second-order valence-electron chi connectivity index (χ2n) is 23.4. The van der Waals surface area contributed by atoms with Gasteiger partial charge in [-0.05, 0) is 103 Å². The molecule has 2 unspecified atom stereocenters. The number of thioether (sulfide) groups is 1. The van der Waals surface area contributed by atoms with Crippen molar-refractivity contribution in [3.05, 3.63) is 179 Å². The van der Waals surface area contributed by atoms with Crippen LogP contribution in [0.15, 0.2) is 152 Å². The third-order valence-corrected chi connectivity index (χ3v) is 15.4. The third-order valence-electron chi connectivity index (χ3n) is 14.8. The van der Waals surface area contributed by atoms with Crippen LogP contribution in [0.3, 0.4) is 0 Å². The highest BCUT2D eigenvalue weighted by Crippen LogP contribution is 2.18. The monoisotopic (exact) mass is 1210 g/mol. The predicted molar refractivity (Wildman–Crippen MR) is 354 cm³/mol. The fraction of sp³-hybridized carbons (Fsp3) is 0.466. The molecule has 0 fully saturated rings. The van der Waals surface area contributed by atoms with Crippen LogP contribution in [0.2, 0.25) is 0 Å². The number of benzene rings is 5. The first kappa shape index (κ1) is 76.3. The van der Waals surface area contributed by atoms with Crippen molar-refractivity contribution < 1.29 is 43.2 Å².